The van der Waals surface area contributed by atoms with Crippen molar-refractivity contribution in [3.63, 3.8) is 0 Å². The number of carbonyl (C=O) groups is 1. The van der Waals surface area contributed by atoms with Crippen LogP contribution in [0.4, 0.5) is 11.8 Å². The number of nitrogen functional groups attached to an aromatic ring is 1. The number of nitrogens with one attached hydrogen (secondary N) is 1. The van der Waals surface area contributed by atoms with Crippen LogP contribution in [0.5, 0.6) is 0 Å². The Hall–Kier alpha value is -1.85. The summed E-state index contributed by atoms with van der Waals surface area (Å²) in [5.74, 6) is 1.79. The third-order valence-electron chi connectivity index (χ3n) is 3.20. The molecule has 1 fully saturated rings. The molecule has 2 rings (SSSR count). The molecule has 0 saturated carbocycles. The van der Waals surface area contributed by atoms with Crippen LogP contribution in [0, 0.1) is 5.92 Å². The van der Waals surface area contributed by atoms with E-state index >= 15 is 0 Å². The molecule has 0 atom stereocenters. The van der Waals surface area contributed by atoms with Gasteiger partial charge in [0.25, 0.3) is 0 Å². The van der Waals surface area contributed by atoms with Gasteiger partial charge in [-0.05, 0) is 24.8 Å². The number of anilines is 2. The summed E-state index contributed by atoms with van der Waals surface area (Å²) in [5, 5.41) is 2.87. The molecule has 18 heavy (non-hydrogen) atoms. The summed E-state index contributed by atoms with van der Waals surface area (Å²) in [5.41, 5.74) is 5.65. The van der Waals surface area contributed by atoms with E-state index in [0.717, 1.165) is 32.5 Å². The Kier molecular flexibility index (Phi) is 3.96. The molecule has 1 aliphatic rings. The average molecular weight is 249 g/mol. The minimum Gasteiger partial charge on any atom is -0.384 e. The van der Waals surface area contributed by atoms with Crippen molar-refractivity contribution in [3.8, 4) is 0 Å². The molecule has 0 radical (unpaired) electrons. The Bertz CT molecular complexity index is 415. The highest BCUT2D eigenvalue weighted by molar-refractivity contribution is 5.72. The molecule has 98 valence electrons. The van der Waals surface area contributed by atoms with Gasteiger partial charge in [-0.15, -0.1) is 0 Å². The zero-order chi connectivity index (χ0) is 13.0. The molecular weight excluding hydrogens is 230 g/mol. The van der Waals surface area contributed by atoms with Crippen molar-refractivity contribution >= 4 is 17.7 Å². The maximum absolute atomic E-state index is 10.9. The Morgan fingerprint density at radius 1 is 1.56 bits per heavy atom. The second kappa shape index (κ2) is 5.66. The molecule has 0 spiro atoms. The lowest BCUT2D eigenvalue weighted by molar-refractivity contribution is -0.119. The minimum absolute atomic E-state index is 0.0385. The van der Waals surface area contributed by atoms with Crippen molar-refractivity contribution in [2.24, 2.45) is 5.92 Å². The number of nitrogens with two attached hydrogens (primary N) is 1. The van der Waals surface area contributed by atoms with Gasteiger partial charge in [0.15, 0.2) is 0 Å². The third-order valence-corrected chi connectivity index (χ3v) is 3.20. The number of hydrogen-bond donors (Lipinski definition) is 2. The summed E-state index contributed by atoms with van der Waals surface area (Å²) < 4.78 is 0. The smallest absolute Gasteiger partial charge is 0.227 e. The van der Waals surface area contributed by atoms with Gasteiger partial charge in [-0.25, -0.2) is 4.98 Å². The van der Waals surface area contributed by atoms with E-state index in [-0.39, 0.29) is 5.91 Å². The molecule has 6 heteroatoms. The Morgan fingerprint density at radius 3 is 2.89 bits per heavy atom. The van der Waals surface area contributed by atoms with E-state index in [1.807, 2.05) is 0 Å². The van der Waals surface area contributed by atoms with Crippen molar-refractivity contribution in [1.82, 2.24) is 15.3 Å². The topological polar surface area (TPSA) is 84.1 Å². The van der Waals surface area contributed by atoms with Crippen LogP contribution in [0.1, 0.15) is 19.8 Å². The van der Waals surface area contributed by atoms with Gasteiger partial charge >= 0.3 is 0 Å². The summed E-state index contributed by atoms with van der Waals surface area (Å²) in [6.07, 6.45) is 3.76. The lowest BCUT2D eigenvalue weighted by atomic mass is 9.97. The number of amides is 1. The zero-order valence-electron chi connectivity index (χ0n) is 10.6. The fourth-order valence-electron chi connectivity index (χ4n) is 2.14. The summed E-state index contributed by atoms with van der Waals surface area (Å²) in [6, 6.07) is 1.69. The van der Waals surface area contributed by atoms with Crippen LogP contribution < -0.4 is 16.0 Å². The lowest BCUT2D eigenvalue weighted by Gasteiger charge is -2.31. The Labute approximate surface area is 107 Å². The van der Waals surface area contributed by atoms with Gasteiger partial charge in [0.05, 0.1) is 0 Å². The normalized spacial score (nSPS) is 16.6. The first-order chi connectivity index (χ1) is 8.65. The fourth-order valence-corrected chi connectivity index (χ4v) is 2.14. The van der Waals surface area contributed by atoms with Gasteiger partial charge in [0, 0.05) is 32.8 Å². The summed E-state index contributed by atoms with van der Waals surface area (Å²) >= 11 is 0. The van der Waals surface area contributed by atoms with Crippen molar-refractivity contribution in [2.45, 2.75) is 19.8 Å². The highest BCUT2D eigenvalue weighted by Crippen LogP contribution is 2.20. The molecule has 1 aromatic rings. The number of aromatic nitrogens is 2. The molecule has 1 aliphatic heterocycles. The summed E-state index contributed by atoms with van der Waals surface area (Å²) in [6.45, 7) is 4.14. The molecule has 0 aromatic carbocycles. The van der Waals surface area contributed by atoms with E-state index in [1.54, 1.807) is 19.2 Å². The number of piperidine rings is 1. The van der Waals surface area contributed by atoms with Crippen LogP contribution in [-0.2, 0) is 4.79 Å². The fraction of sp³-hybridized carbons (Fsp3) is 0.583. The standard InChI is InChI=1S/C12H19N5O/c1-9(18)15-8-10-3-6-17(7-4-10)12-14-5-2-11(13)16-12/h2,5,10H,3-4,6-8H2,1H3,(H,15,18)(H2,13,14,16). The monoisotopic (exact) mass is 249 g/mol. The lowest BCUT2D eigenvalue weighted by Crippen LogP contribution is -2.39. The minimum atomic E-state index is 0.0385. The van der Waals surface area contributed by atoms with Crippen LogP contribution >= 0.6 is 0 Å². The number of hydrogen-bond acceptors (Lipinski definition) is 5. The molecule has 6 nitrogen and oxygen atoms in total. The van der Waals surface area contributed by atoms with E-state index in [0.29, 0.717) is 17.7 Å². The highest BCUT2D eigenvalue weighted by Gasteiger charge is 2.20. The predicted molar refractivity (Wildman–Crippen MR) is 70.1 cm³/mol. The molecule has 0 bridgehead atoms. The molecule has 3 N–H and O–H groups in total. The van der Waals surface area contributed by atoms with Crippen LogP contribution in [0.15, 0.2) is 12.3 Å². The number of nitrogens with zero attached hydrogens (tertiary/aromatic N) is 3. The first-order valence-corrected chi connectivity index (χ1v) is 6.23. The van der Waals surface area contributed by atoms with Crippen LogP contribution in [0.25, 0.3) is 0 Å². The van der Waals surface area contributed by atoms with E-state index in [9.17, 15) is 4.79 Å². The van der Waals surface area contributed by atoms with Gasteiger partial charge in [-0.1, -0.05) is 0 Å². The van der Waals surface area contributed by atoms with E-state index in [4.69, 9.17) is 5.73 Å². The maximum Gasteiger partial charge on any atom is 0.227 e. The van der Waals surface area contributed by atoms with Crippen molar-refractivity contribution in [1.29, 1.82) is 0 Å². The summed E-state index contributed by atoms with van der Waals surface area (Å²) in [7, 11) is 0. The van der Waals surface area contributed by atoms with E-state index in [2.05, 4.69) is 20.2 Å². The molecule has 0 unspecified atom stereocenters. The SMILES string of the molecule is CC(=O)NCC1CCN(c2nccc(N)n2)CC1. The largest absolute Gasteiger partial charge is 0.384 e. The Balaban J connectivity index is 1.85. The van der Waals surface area contributed by atoms with E-state index < -0.39 is 0 Å². The van der Waals surface area contributed by atoms with Crippen LogP contribution in [0.3, 0.4) is 0 Å². The van der Waals surface area contributed by atoms with Crippen molar-refractivity contribution < 1.29 is 4.79 Å². The Morgan fingerprint density at radius 2 is 2.28 bits per heavy atom. The van der Waals surface area contributed by atoms with Crippen molar-refractivity contribution in [3.05, 3.63) is 12.3 Å². The van der Waals surface area contributed by atoms with Crippen molar-refractivity contribution in [2.75, 3.05) is 30.3 Å². The molecule has 1 amide bonds. The quantitative estimate of drug-likeness (QED) is 0.810. The van der Waals surface area contributed by atoms with Crippen LogP contribution in [-0.4, -0.2) is 35.5 Å². The molecule has 0 aliphatic carbocycles. The van der Waals surface area contributed by atoms with Gasteiger partial charge < -0.3 is 16.0 Å². The third kappa shape index (κ3) is 3.32. The van der Waals surface area contributed by atoms with Gasteiger partial charge in [0.2, 0.25) is 11.9 Å². The van der Waals surface area contributed by atoms with Gasteiger partial charge in [-0.3, -0.25) is 4.79 Å². The molecular formula is C12H19N5O. The summed E-state index contributed by atoms with van der Waals surface area (Å²) in [4.78, 5) is 21.4. The zero-order valence-corrected chi connectivity index (χ0v) is 10.6. The second-order valence-corrected chi connectivity index (χ2v) is 4.65. The second-order valence-electron chi connectivity index (χ2n) is 4.65. The first kappa shape index (κ1) is 12.6. The molecule has 1 aromatic heterocycles. The molecule has 1 saturated heterocycles. The van der Waals surface area contributed by atoms with Gasteiger partial charge in [-0.2, -0.15) is 4.98 Å². The average Bonchev–Trinajstić information content (AvgIpc) is 2.37. The maximum atomic E-state index is 10.9. The highest BCUT2D eigenvalue weighted by atomic mass is 16.1. The number of rotatable bonds is 3. The number of carbonyl (C=O) groups excluding carboxylic acids is 1. The van der Waals surface area contributed by atoms with E-state index in [1.165, 1.54) is 0 Å². The molecule has 2 heterocycles. The predicted octanol–water partition coefficient (Wildman–Crippen LogP) is 0.411. The van der Waals surface area contributed by atoms with Crippen LogP contribution in [0.2, 0.25) is 0 Å². The first-order valence-electron chi connectivity index (χ1n) is 6.23. The van der Waals surface area contributed by atoms with Gasteiger partial charge in [0.1, 0.15) is 5.82 Å².